The smallest absolute Gasteiger partial charge is 0.339 e. The molecule has 1 spiro atoms. The van der Waals surface area contributed by atoms with Crippen LogP contribution in [-0.2, 0) is 9.59 Å². The van der Waals surface area contributed by atoms with Gasteiger partial charge in [0.25, 0.3) is 5.91 Å². The summed E-state index contributed by atoms with van der Waals surface area (Å²) in [5.74, 6) is -1.06. The van der Waals surface area contributed by atoms with Crippen molar-refractivity contribution in [2.75, 3.05) is 31.2 Å². The van der Waals surface area contributed by atoms with E-state index < -0.39 is 30.3 Å². The minimum atomic E-state index is -4.43. The SMILES string of the molecule is O=C(CCC(F)(F)F)CN1CN(c2ccccc2)C2(CCN(C(=O)c3ccc4[nH]ncc4c3)CC2)C1=O. The highest BCUT2D eigenvalue weighted by Gasteiger charge is 2.54. The van der Waals surface area contributed by atoms with Gasteiger partial charge in [-0.2, -0.15) is 18.3 Å². The van der Waals surface area contributed by atoms with Crippen molar-refractivity contribution in [3.8, 4) is 0 Å². The number of likely N-dealkylation sites (tertiary alicyclic amines) is 1. The zero-order chi connectivity index (χ0) is 26.2. The number of H-pyrrole nitrogens is 1. The first-order valence-corrected chi connectivity index (χ1v) is 12.1. The number of hydrogen-bond donors (Lipinski definition) is 1. The molecular formula is C26H26F3N5O3. The molecule has 1 N–H and O–H groups in total. The number of Topliss-reactive ketones (excluding diaryl/α,β-unsaturated/α-hetero) is 1. The fraction of sp³-hybridized carbons (Fsp3) is 0.385. The van der Waals surface area contributed by atoms with Crippen molar-refractivity contribution in [3.63, 3.8) is 0 Å². The van der Waals surface area contributed by atoms with Gasteiger partial charge in [-0.25, -0.2) is 0 Å². The normalized spacial score (nSPS) is 17.7. The number of aromatic nitrogens is 2. The van der Waals surface area contributed by atoms with Crippen LogP contribution in [0.25, 0.3) is 10.9 Å². The van der Waals surface area contributed by atoms with Crippen LogP contribution >= 0.6 is 0 Å². The van der Waals surface area contributed by atoms with E-state index in [1.54, 1.807) is 29.3 Å². The zero-order valence-corrected chi connectivity index (χ0v) is 20.0. The number of alkyl halides is 3. The van der Waals surface area contributed by atoms with Crippen LogP contribution in [0, 0.1) is 0 Å². The Bertz CT molecular complexity index is 1320. The molecule has 0 unspecified atom stereocenters. The lowest BCUT2D eigenvalue weighted by atomic mass is 9.85. The maximum absolute atomic E-state index is 13.7. The Morgan fingerprint density at radius 3 is 2.49 bits per heavy atom. The summed E-state index contributed by atoms with van der Waals surface area (Å²) in [6, 6.07) is 14.6. The van der Waals surface area contributed by atoms with Gasteiger partial charge in [0, 0.05) is 36.1 Å². The molecule has 3 heterocycles. The number of piperidine rings is 1. The first-order chi connectivity index (χ1) is 17.7. The number of ketones is 1. The lowest BCUT2D eigenvalue weighted by molar-refractivity contribution is -0.145. The fourth-order valence-electron chi connectivity index (χ4n) is 5.23. The number of para-hydroxylation sites is 1. The molecule has 2 saturated heterocycles. The van der Waals surface area contributed by atoms with Gasteiger partial charge in [-0.3, -0.25) is 19.5 Å². The molecule has 3 aromatic rings. The summed E-state index contributed by atoms with van der Waals surface area (Å²) in [6.07, 6.45) is -3.96. The van der Waals surface area contributed by atoms with Crippen molar-refractivity contribution >= 4 is 34.2 Å². The van der Waals surface area contributed by atoms with Crippen LogP contribution in [0.2, 0.25) is 0 Å². The number of benzene rings is 2. The molecule has 5 rings (SSSR count). The molecule has 11 heteroatoms. The average Bonchev–Trinajstić information content (AvgIpc) is 3.46. The van der Waals surface area contributed by atoms with Crippen molar-refractivity contribution in [1.82, 2.24) is 20.0 Å². The van der Waals surface area contributed by atoms with Crippen molar-refractivity contribution in [3.05, 3.63) is 60.3 Å². The second kappa shape index (κ2) is 9.53. The summed E-state index contributed by atoms with van der Waals surface area (Å²) in [5, 5.41) is 7.66. The number of hydrogen-bond acceptors (Lipinski definition) is 5. The molecule has 2 aliphatic heterocycles. The van der Waals surface area contributed by atoms with E-state index in [0.717, 1.165) is 16.6 Å². The van der Waals surface area contributed by atoms with Crippen LogP contribution in [0.4, 0.5) is 18.9 Å². The van der Waals surface area contributed by atoms with Gasteiger partial charge < -0.3 is 14.7 Å². The second-order valence-electron chi connectivity index (χ2n) is 9.56. The number of nitrogens with zero attached hydrogens (tertiary/aromatic N) is 4. The molecule has 37 heavy (non-hydrogen) atoms. The molecule has 2 aliphatic rings. The van der Waals surface area contributed by atoms with Crippen LogP contribution in [0.15, 0.2) is 54.7 Å². The Morgan fingerprint density at radius 2 is 1.78 bits per heavy atom. The third-order valence-corrected chi connectivity index (χ3v) is 7.20. The number of carbonyl (C=O) groups excluding carboxylic acids is 3. The number of nitrogens with one attached hydrogen (secondary N) is 1. The Hall–Kier alpha value is -3.89. The maximum Gasteiger partial charge on any atom is 0.389 e. The van der Waals surface area contributed by atoms with E-state index in [-0.39, 0.29) is 25.0 Å². The molecule has 0 saturated carbocycles. The lowest BCUT2D eigenvalue weighted by Gasteiger charge is -2.43. The predicted molar refractivity (Wildman–Crippen MR) is 130 cm³/mol. The maximum atomic E-state index is 13.7. The Kier molecular flexibility index (Phi) is 6.38. The molecule has 0 radical (unpaired) electrons. The Labute approximate surface area is 211 Å². The Morgan fingerprint density at radius 1 is 1.05 bits per heavy atom. The van der Waals surface area contributed by atoms with Gasteiger partial charge in [0.15, 0.2) is 5.78 Å². The third kappa shape index (κ3) is 4.90. The summed E-state index contributed by atoms with van der Waals surface area (Å²) >= 11 is 0. The van der Waals surface area contributed by atoms with Gasteiger partial charge in [0.2, 0.25) is 5.91 Å². The highest BCUT2D eigenvalue weighted by Crippen LogP contribution is 2.40. The van der Waals surface area contributed by atoms with Crippen LogP contribution in [0.5, 0.6) is 0 Å². The first-order valence-electron chi connectivity index (χ1n) is 12.1. The molecular weight excluding hydrogens is 487 g/mol. The number of rotatable bonds is 6. The number of halogens is 3. The van der Waals surface area contributed by atoms with Gasteiger partial charge in [0.05, 0.1) is 31.3 Å². The third-order valence-electron chi connectivity index (χ3n) is 7.20. The summed E-state index contributed by atoms with van der Waals surface area (Å²) in [4.78, 5) is 44.2. The molecule has 0 aliphatic carbocycles. The highest BCUT2D eigenvalue weighted by molar-refractivity contribution is 5.99. The topological polar surface area (TPSA) is 89.6 Å². The van der Waals surface area contributed by atoms with Crippen molar-refractivity contribution in [2.45, 2.75) is 37.4 Å². The van der Waals surface area contributed by atoms with E-state index in [1.807, 2.05) is 35.2 Å². The largest absolute Gasteiger partial charge is 0.389 e. The minimum Gasteiger partial charge on any atom is -0.339 e. The first kappa shape index (κ1) is 24.8. The van der Waals surface area contributed by atoms with Crippen molar-refractivity contribution < 1.29 is 27.6 Å². The molecule has 0 atom stereocenters. The molecule has 2 fully saturated rings. The van der Waals surface area contributed by atoms with E-state index in [4.69, 9.17) is 0 Å². The molecule has 194 valence electrons. The van der Waals surface area contributed by atoms with Crippen LogP contribution in [0.1, 0.15) is 36.0 Å². The average molecular weight is 514 g/mol. The monoisotopic (exact) mass is 513 g/mol. The molecule has 2 aromatic carbocycles. The summed E-state index contributed by atoms with van der Waals surface area (Å²) in [5.41, 5.74) is 1.16. The van der Waals surface area contributed by atoms with Gasteiger partial charge in [-0.05, 0) is 43.2 Å². The van der Waals surface area contributed by atoms with E-state index in [2.05, 4.69) is 10.2 Å². The highest BCUT2D eigenvalue weighted by atomic mass is 19.4. The number of amides is 2. The fourth-order valence-corrected chi connectivity index (χ4v) is 5.23. The molecule has 0 bridgehead atoms. The number of carbonyl (C=O) groups is 3. The van der Waals surface area contributed by atoms with Crippen LogP contribution in [0.3, 0.4) is 0 Å². The van der Waals surface area contributed by atoms with E-state index in [9.17, 15) is 27.6 Å². The quantitative estimate of drug-likeness (QED) is 0.542. The summed E-state index contributed by atoms with van der Waals surface area (Å²) in [7, 11) is 0. The number of anilines is 1. The molecule has 2 amide bonds. The number of aromatic amines is 1. The number of fused-ring (bicyclic) bond motifs is 1. The molecule has 1 aromatic heterocycles. The van der Waals surface area contributed by atoms with Crippen LogP contribution < -0.4 is 4.90 Å². The van der Waals surface area contributed by atoms with Gasteiger partial charge in [-0.1, -0.05) is 18.2 Å². The summed E-state index contributed by atoms with van der Waals surface area (Å²) < 4.78 is 37.7. The van der Waals surface area contributed by atoms with E-state index >= 15 is 0 Å². The van der Waals surface area contributed by atoms with Crippen molar-refractivity contribution in [2.24, 2.45) is 0 Å². The lowest BCUT2D eigenvalue weighted by Crippen LogP contribution is -2.57. The van der Waals surface area contributed by atoms with E-state index in [0.29, 0.717) is 31.5 Å². The van der Waals surface area contributed by atoms with Crippen molar-refractivity contribution in [1.29, 1.82) is 0 Å². The van der Waals surface area contributed by atoms with Gasteiger partial charge >= 0.3 is 6.18 Å². The zero-order valence-electron chi connectivity index (χ0n) is 20.0. The predicted octanol–water partition coefficient (Wildman–Crippen LogP) is 3.76. The summed E-state index contributed by atoms with van der Waals surface area (Å²) in [6.45, 7) is 0.388. The molecule has 8 nitrogen and oxygen atoms in total. The Balaban J connectivity index is 1.33. The van der Waals surface area contributed by atoms with E-state index in [1.165, 1.54) is 4.90 Å². The minimum absolute atomic E-state index is 0.103. The van der Waals surface area contributed by atoms with Gasteiger partial charge in [0.1, 0.15) is 5.54 Å². The second-order valence-corrected chi connectivity index (χ2v) is 9.56. The standard InChI is InChI=1S/C26H26F3N5O3/c27-26(28,29)9-8-21(35)16-33-17-34(20-4-2-1-3-5-20)25(24(33)37)10-12-32(13-11-25)23(36)18-6-7-22-19(14-18)15-30-31-22/h1-7,14-15H,8-13,16-17H2,(H,30,31). The van der Waals surface area contributed by atoms with Gasteiger partial charge in [-0.15, -0.1) is 0 Å². The van der Waals surface area contributed by atoms with Crippen LogP contribution in [-0.4, -0.2) is 75.6 Å².